The second-order valence-corrected chi connectivity index (χ2v) is 7.52. The van der Waals surface area contributed by atoms with E-state index in [4.69, 9.17) is 4.99 Å². The van der Waals surface area contributed by atoms with Crippen LogP contribution in [-0.4, -0.2) is 16.3 Å². The molecular formula is C20H20N2O2S. The highest BCUT2D eigenvalue weighted by Crippen LogP contribution is 2.40. The molecule has 128 valence electrons. The molecule has 2 heterocycles. The van der Waals surface area contributed by atoms with E-state index in [9.17, 15) is 9.90 Å². The summed E-state index contributed by atoms with van der Waals surface area (Å²) in [6.45, 7) is 0. The first-order valence-corrected chi connectivity index (χ1v) is 9.52. The van der Waals surface area contributed by atoms with E-state index in [1.54, 1.807) is 23.6 Å². The number of hydrogen-bond donors (Lipinski definition) is 2. The van der Waals surface area contributed by atoms with Crippen LogP contribution in [0.2, 0.25) is 0 Å². The normalized spacial score (nSPS) is 16.8. The summed E-state index contributed by atoms with van der Waals surface area (Å²) in [6, 6.07) is 11.6. The van der Waals surface area contributed by atoms with E-state index in [2.05, 4.69) is 22.5 Å². The van der Waals surface area contributed by atoms with Gasteiger partial charge >= 0.3 is 0 Å². The van der Waals surface area contributed by atoms with E-state index in [0.29, 0.717) is 16.9 Å². The average molecular weight is 352 g/mol. The largest absolute Gasteiger partial charge is 0.494 e. The van der Waals surface area contributed by atoms with Crippen LogP contribution in [0.1, 0.15) is 42.2 Å². The van der Waals surface area contributed by atoms with Crippen molar-refractivity contribution in [3.63, 3.8) is 0 Å². The zero-order valence-corrected chi connectivity index (χ0v) is 14.6. The topological polar surface area (TPSA) is 65.5 Å². The van der Waals surface area contributed by atoms with Gasteiger partial charge in [-0.25, -0.2) is 0 Å². The van der Waals surface area contributed by atoms with Crippen molar-refractivity contribution in [2.45, 2.75) is 31.7 Å². The maximum absolute atomic E-state index is 12.0. The molecule has 25 heavy (non-hydrogen) atoms. The van der Waals surface area contributed by atoms with Crippen LogP contribution in [0.5, 0.6) is 5.88 Å². The SMILES string of the molecule is O=c1[nH]c(O)c(C=NC(c2cccs2)C2CCCC2)c2ccccc12. The third kappa shape index (κ3) is 3.12. The number of aliphatic imine (C=N–C) groups is 1. The van der Waals surface area contributed by atoms with Crippen molar-refractivity contribution in [3.8, 4) is 5.88 Å². The third-order valence-corrected chi connectivity index (χ3v) is 5.94. The van der Waals surface area contributed by atoms with E-state index >= 15 is 0 Å². The van der Waals surface area contributed by atoms with Crippen LogP contribution in [0, 0.1) is 5.92 Å². The van der Waals surface area contributed by atoms with E-state index in [-0.39, 0.29) is 17.5 Å². The van der Waals surface area contributed by atoms with Gasteiger partial charge in [0, 0.05) is 21.9 Å². The van der Waals surface area contributed by atoms with Gasteiger partial charge in [-0.3, -0.25) is 14.8 Å². The van der Waals surface area contributed by atoms with E-state index in [0.717, 1.165) is 5.39 Å². The Bertz CT molecular complexity index is 953. The molecule has 4 rings (SSSR count). The first kappa shape index (κ1) is 16.1. The minimum absolute atomic E-state index is 0.118. The van der Waals surface area contributed by atoms with Crippen LogP contribution in [0.15, 0.2) is 51.6 Å². The highest BCUT2D eigenvalue weighted by molar-refractivity contribution is 7.10. The van der Waals surface area contributed by atoms with Gasteiger partial charge in [-0.1, -0.05) is 37.1 Å². The van der Waals surface area contributed by atoms with Crippen molar-refractivity contribution >= 4 is 28.3 Å². The number of hydrogen-bond acceptors (Lipinski definition) is 4. The zero-order valence-electron chi connectivity index (χ0n) is 13.8. The number of benzene rings is 1. The summed E-state index contributed by atoms with van der Waals surface area (Å²) in [5, 5.41) is 13.6. The van der Waals surface area contributed by atoms with Gasteiger partial charge in [-0.05, 0) is 36.3 Å². The Morgan fingerprint density at radius 2 is 1.92 bits per heavy atom. The highest BCUT2D eigenvalue weighted by atomic mass is 32.1. The molecular weight excluding hydrogens is 332 g/mol. The third-order valence-electron chi connectivity index (χ3n) is 4.99. The quantitative estimate of drug-likeness (QED) is 0.672. The highest BCUT2D eigenvalue weighted by Gasteiger charge is 2.26. The molecule has 1 aliphatic rings. The van der Waals surface area contributed by atoms with Crippen LogP contribution in [0.25, 0.3) is 10.8 Å². The number of aromatic hydroxyl groups is 1. The Labute approximate surface area is 149 Å². The Morgan fingerprint density at radius 1 is 1.16 bits per heavy atom. The van der Waals surface area contributed by atoms with Crippen molar-refractivity contribution in [1.29, 1.82) is 0 Å². The first-order valence-electron chi connectivity index (χ1n) is 8.64. The Morgan fingerprint density at radius 3 is 2.64 bits per heavy atom. The van der Waals surface area contributed by atoms with Crippen LogP contribution in [0.3, 0.4) is 0 Å². The molecule has 1 aliphatic carbocycles. The van der Waals surface area contributed by atoms with Crippen molar-refractivity contribution < 1.29 is 5.11 Å². The molecule has 1 aromatic carbocycles. The van der Waals surface area contributed by atoms with Gasteiger partial charge in [0.25, 0.3) is 5.56 Å². The first-order chi connectivity index (χ1) is 12.2. The molecule has 1 fully saturated rings. The summed E-state index contributed by atoms with van der Waals surface area (Å²) < 4.78 is 0. The molecule has 4 nitrogen and oxygen atoms in total. The van der Waals surface area contributed by atoms with Crippen molar-refractivity contribution in [3.05, 3.63) is 62.6 Å². The van der Waals surface area contributed by atoms with Gasteiger partial charge in [0.05, 0.1) is 11.6 Å². The number of H-pyrrole nitrogens is 1. The minimum Gasteiger partial charge on any atom is -0.494 e. The average Bonchev–Trinajstić information content (AvgIpc) is 3.32. The van der Waals surface area contributed by atoms with Gasteiger partial charge in [0.2, 0.25) is 5.88 Å². The molecule has 0 bridgehead atoms. The monoisotopic (exact) mass is 352 g/mol. The molecule has 1 saturated carbocycles. The number of fused-ring (bicyclic) bond motifs is 1. The number of nitrogens with zero attached hydrogens (tertiary/aromatic N) is 1. The molecule has 3 aromatic rings. The van der Waals surface area contributed by atoms with E-state index in [1.807, 2.05) is 18.2 Å². The predicted molar refractivity (Wildman–Crippen MR) is 103 cm³/mol. The molecule has 0 radical (unpaired) electrons. The Kier molecular flexibility index (Phi) is 4.40. The van der Waals surface area contributed by atoms with Gasteiger partial charge in [0.1, 0.15) is 0 Å². The van der Waals surface area contributed by atoms with Crippen LogP contribution >= 0.6 is 11.3 Å². The van der Waals surface area contributed by atoms with Gasteiger partial charge in [-0.15, -0.1) is 11.3 Å². The second-order valence-electron chi connectivity index (χ2n) is 6.54. The molecule has 1 unspecified atom stereocenters. The lowest BCUT2D eigenvalue weighted by atomic mass is 9.97. The van der Waals surface area contributed by atoms with Crippen LogP contribution in [-0.2, 0) is 0 Å². The summed E-state index contributed by atoms with van der Waals surface area (Å²) in [6.07, 6.45) is 6.64. The van der Waals surface area contributed by atoms with E-state index < -0.39 is 0 Å². The minimum atomic E-state index is -0.282. The standard InChI is InChI=1S/C20H20N2O2S/c23-19-15-9-4-3-8-14(15)16(20(24)22-19)12-21-18(13-6-1-2-7-13)17-10-5-11-25-17/h3-5,8-13,18H,1-2,6-7H2,(H2,22,23,24). The van der Waals surface area contributed by atoms with Crippen molar-refractivity contribution in [1.82, 2.24) is 4.98 Å². The van der Waals surface area contributed by atoms with Crippen LogP contribution < -0.4 is 5.56 Å². The predicted octanol–water partition coefficient (Wildman–Crippen LogP) is 4.65. The summed E-state index contributed by atoms with van der Waals surface area (Å²) >= 11 is 1.73. The number of pyridine rings is 1. The fourth-order valence-electron chi connectivity index (χ4n) is 3.73. The molecule has 0 aliphatic heterocycles. The molecule has 1 atom stereocenters. The lowest BCUT2D eigenvalue weighted by Crippen LogP contribution is -2.09. The smallest absolute Gasteiger partial charge is 0.258 e. The van der Waals surface area contributed by atoms with Crippen molar-refractivity contribution in [2.24, 2.45) is 10.9 Å². The van der Waals surface area contributed by atoms with Crippen molar-refractivity contribution in [2.75, 3.05) is 0 Å². The number of thiophene rings is 1. The van der Waals surface area contributed by atoms with E-state index in [1.165, 1.54) is 30.6 Å². The summed E-state index contributed by atoms with van der Waals surface area (Å²) in [5.41, 5.74) is 0.297. The summed E-state index contributed by atoms with van der Waals surface area (Å²) in [5.74, 6) is 0.426. The zero-order chi connectivity index (χ0) is 17.2. The maximum atomic E-state index is 12.0. The summed E-state index contributed by atoms with van der Waals surface area (Å²) in [4.78, 5) is 20.7. The summed E-state index contributed by atoms with van der Waals surface area (Å²) in [7, 11) is 0. The lowest BCUT2D eigenvalue weighted by molar-refractivity contribution is 0.448. The Hall–Kier alpha value is -2.40. The second kappa shape index (κ2) is 6.84. The fourth-order valence-corrected chi connectivity index (χ4v) is 4.60. The number of aromatic amines is 1. The van der Waals surface area contributed by atoms with Crippen LogP contribution in [0.4, 0.5) is 0 Å². The number of rotatable bonds is 4. The van der Waals surface area contributed by atoms with Gasteiger partial charge in [0.15, 0.2) is 0 Å². The van der Waals surface area contributed by atoms with Gasteiger partial charge < -0.3 is 5.11 Å². The number of aromatic nitrogens is 1. The fraction of sp³-hybridized carbons (Fsp3) is 0.300. The lowest BCUT2D eigenvalue weighted by Gasteiger charge is -2.18. The van der Waals surface area contributed by atoms with Gasteiger partial charge in [-0.2, -0.15) is 0 Å². The number of nitrogens with one attached hydrogen (secondary N) is 1. The molecule has 0 amide bonds. The maximum Gasteiger partial charge on any atom is 0.258 e. The molecule has 0 spiro atoms. The molecule has 2 N–H and O–H groups in total. The molecule has 2 aromatic heterocycles. The Balaban J connectivity index is 1.77. The molecule has 5 heteroatoms. The molecule has 0 saturated heterocycles.